The normalized spacial score (nSPS) is 20.6. The minimum absolute atomic E-state index is 0.252. The molecule has 0 saturated carbocycles. The van der Waals surface area contributed by atoms with Crippen LogP contribution < -0.4 is 0 Å². The highest BCUT2D eigenvalue weighted by atomic mass is 35.5. The molecule has 1 aliphatic heterocycles. The highest BCUT2D eigenvalue weighted by Gasteiger charge is 2.20. The van der Waals surface area contributed by atoms with E-state index in [4.69, 9.17) is 16.7 Å². The first-order valence-electron chi connectivity index (χ1n) is 7.37. The van der Waals surface area contributed by atoms with Crippen LogP contribution in [0.2, 0.25) is 5.02 Å². The number of hydrogen-bond acceptors (Lipinski definition) is 2. The second-order valence-corrected chi connectivity index (χ2v) is 5.90. The summed E-state index contributed by atoms with van der Waals surface area (Å²) in [6, 6.07) is 5.66. The fourth-order valence-corrected chi connectivity index (χ4v) is 3.17. The average Bonchev–Trinajstić information content (AvgIpc) is 2.65. The van der Waals surface area contributed by atoms with Gasteiger partial charge in [-0.3, -0.25) is 4.90 Å². The Morgan fingerprint density at radius 1 is 1.40 bits per heavy atom. The topological polar surface area (TPSA) is 40.5 Å². The Kier molecular flexibility index (Phi) is 5.44. The van der Waals surface area contributed by atoms with Crippen molar-refractivity contribution in [2.24, 2.45) is 0 Å². The van der Waals surface area contributed by atoms with E-state index >= 15 is 0 Å². The molecule has 20 heavy (non-hydrogen) atoms. The van der Waals surface area contributed by atoms with Crippen LogP contribution in [0.1, 0.15) is 54.9 Å². The van der Waals surface area contributed by atoms with Crippen molar-refractivity contribution in [1.82, 2.24) is 4.90 Å². The zero-order valence-electron chi connectivity index (χ0n) is 11.9. The van der Waals surface area contributed by atoms with Crippen molar-refractivity contribution in [3.05, 3.63) is 34.3 Å². The first-order valence-corrected chi connectivity index (χ1v) is 7.75. The number of carbonyl (C=O) groups is 1. The summed E-state index contributed by atoms with van der Waals surface area (Å²) in [6.07, 6.45) is 6.26. The number of benzene rings is 1. The van der Waals surface area contributed by atoms with Crippen LogP contribution in [0.3, 0.4) is 0 Å². The lowest BCUT2D eigenvalue weighted by molar-refractivity contribution is 0.0697. The predicted molar refractivity (Wildman–Crippen MR) is 81.4 cm³/mol. The second-order valence-electron chi connectivity index (χ2n) is 5.49. The van der Waals surface area contributed by atoms with E-state index in [0.717, 1.165) is 25.1 Å². The van der Waals surface area contributed by atoms with Gasteiger partial charge in [0.05, 0.1) is 5.56 Å². The third-order valence-corrected chi connectivity index (χ3v) is 4.50. The van der Waals surface area contributed by atoms with Crippen molar-refractivity contribution in [2.75, 3.05) is 6.54 Å². The third-order valence-electron chi connectivity index (χ3n) is 4.14. The molecule has 1 heterocycles. The molecule has 0 amide bonds. The Balaban J connectivity index is 2.13. The molecule has 0 bridgehead atoms. The Morgan fingerprint density at radius 2 is 2.20 bits per heavy atom. The molecule has 0 spiro atoms. The largest absolute Gasteiger partial charge is 0.478 e. The third kappa shape index (κ3) is 3.74. The Hall–Kier alpha value is -1.06. The number of carboxylic acid groups (broad SMARTS) is 1. The van der Waals surface area contributed by atoms with Gasteiger partial charge >= 0.3 is 5.97 Å². The van der Waals surface area contributed by atoms with Crippen molar-refractivity contribution in [3.63, 3.8) is 0 Å². The molecule has 0 radical (unpaired) electrons. The first-order chi connectivity index (χ1) is 9.61. The Labute approximate surface area is 125 Å². The lowest BCUT2D eigenvalue weighted by Gasteiger charge is -2.29. The van der Waals surface area contributed by atoms with Gasteiger partial charge in [-0.2, -0.15) is 0 Å². The summed E-state index contributed by atoms with van der Waals surface area (Å²) in [6.45, 7) is 4.16. The zero-order chi connectivity index (χ0) is 14.5. The van der Waals surface area contributed by atoms with Gasteiger partial charge in [-0.05, 0) is 43.5 Å². The van der Waals surface area contributed by atoms with E-state index in [9.17, 15) is 4.79 Å². The van der Waals surface area contributed by atoms with Crippen molar-refractivity contribution in [3.8, 4) is 0 Å². The molecule has 4 heteroatoms. The molecule has 0 aromatic heterocycles. The molecule has 1 aromatic rings. The summed E-state index contributed by atoms with van der Waals surface area (Å²) in [4.78, 5) is 13.4. The maximum absolute atomic E-state index is 10.9. The van der Waals surface area contributed by atoms with Crippen LogP contribution >= 0.6 is 11.6 Å². The van der Waals surface area contributed by atoms with Crippen LogP contribution in [0.25, 0.3) is 0 Å². The van der Waals surface area contributed by atoms with E-state index < -0.39 is 5.97 Å². The summed E-state index contributed by atoms with van der Waals surface area (Å²) in [7, 11) is 0. The molecule has 1 aliphatic rings. The smallest absolute Gasteiger partial charge is 0.335 e. The van der Waals surface area contributed by atoms with Crippen molar-refractivity contribution >= 4 is 17.6 Å². The van der Waals surface area contributed by atoms with E-state index in [-0.39, 0.29) is 5.56 Å². The maximum Gasteiger partial charge on any atom is 0.335 e. The number of nitrogens with zero attached hydrogens (tertiary/aromatic N) is 1. The molecule has 1 atom stereocenters. The molecular weight excluding hydrogens is 274 g/mol. The molecule has 0 aliphatic carbocycles. The van der Waals surface area contributed by atoms with Crippen LogP contribution in [0.4, 0.5) is 0 Å². The van der Waals surface area contributed by atoms with E-state index in [1.54, 1.807) is 12.1 Å². The van der Waals surface area contributed by atoms with Gasteiger partial charge in [0.2, 0.25) is 0 Å². The summed E-state index contributed by atoms with van der Waals surface area (Å²) < 4.78 is 0. The molecule has 1 N–H and O–H groups in total. The van der Waals surface area contributed by atoms with E-state index in [0.29, 0.717) is 11.1 Å². The van der Waals surface area contributed by atoms with Crippen LogP contribution in [0.5, 0.6) is 0 Å². The van der Waals surface area contributed by atoms with Gasteiger partial charge in [-0.15, -0.1) is 0 Å². The lowest BCUT2D eigenvalue weighted by Crippen LogP contribution is -2.33. The number of aromatic carboxylic acids is 1. The van der Waals surface area contributed by atoms with Crippen LogP contribution in [0, 0.1) is 0 Å². The maximum atomic E-state index is 10.9. The van der Waals surface area contributed by atoms with Gasteiger partial charge in [-0.1, -0.05) is 37.4 Å². The monoisotopic (exact) mass is 295 g/mol. The highest BCUT2D eigenvalue weighted by molar-refractivity contribution is 6.31. The molecule has 3 nitrogen and oxygen atoms in total. The Bertz CT molecular complexity index is 476. The lowest BCUT2D eigenvalue weighted by atomic mass is 10.1. The van der Waals surface area contributed by atoms with Gasteiger partial charge in [0.1, 0.15) is 0 Å². The Morgan fingerprint density at radius 3 is 2.85 bits per heavy atom. The number of halogens is 1. The van der Waals surface area contributed by atoms with Gasteiger partial charge in [0, 0.05) is 17.6 Å². The van der Waals surface area contributed by atoms with Crippen LogP contribution in [-0.2, 0) is 6.54 Å². The molecule has 1 saturated heterocycles. The minimum Gasteiger partial charge on any atom is -0.478 e. The minimum atomic E-state index is -0.931. The predicted octanol–water partition coefficient (Wildman–Crippen LogP) is 4.19. The molecule has 110 valence electrons. The van der Waals surface area contributed by atoms with Crippen molar-refractivity contribution in [2.45, 2.75) is 51.6 Å². The molecule has 1 fully saturated rings. The van der Waals surface area contributed by atoms with E-state index in [1.807, 2.05) is 6.07 Å². The van der Waals surface area contributed by atoms with E-state index in [2.05, 4.69) is 11.8 Å². The fraction of sp³-hybridized carbons (Fsp3) is 0.562. The van der Waals surface area contributed by atoms with Crippen molar-refractivity contribution in [1.29, 1.82) is 0 Å². The van der Waals surface area contributed by atoms with Gasteiger partial charge < -0.3 is 5.11 Å². The van der Waals surface area contributed by atoms with E-state index in [1.165, 1.54) is 25.7 Å². The average molecular weight is 296 g/mol. The van der Waals surface area contributed by atoms with Gasteiger partial charge in [0.15, 0.2) is 0 Å². The van der Waals surface area contributed by atoms with Crippen molar-refractivity contribution < 1.29 is 9.90 Å². The summed E-state index contributed by atoms with van der Waals surface area (Å²) in [5, 5.41) is 9.53. The van der Waals surface area contributed by atoms with Crippen LogP contribution in [0.15, 0.2) is 18.2 Å². The van der Waals surface area contributed by atoms with Gasteiger partial charge in [-0.25, -0.2) is 4.79 Å². The van der Waals surface area contributed by atoms with Gasteiger partial charge in [0.25, 0.3) is 0 Å². The number of carboxylic acids is 1. The SMILES string of the molecule is CCC1CCCCCN1Cc1ccc(C(=O)O)cc1Cl. The number of hydrogen-bond donors (Lipinski definition) is 1. The quantitative estimate of drug-likeness (QED) is 0.905. The number of rotatable bonds is 4. The summed E-state index contributed by atoms with van der Waals surface area (Å²) in [5.74, 6) is -0.931. The highest BCUT2D eigenvalue weighted by Crippen LogP contribution is 2.25. The summed E-state index contributed by atoms with van der Waals surface area (Å²) in [5.41, 5.74) is 1.28. The molecule has 1 unspecified atom stereocenters. The molecule has 2 rings (SSSR count). The molecular formula is C16H22ClNO2. The number of likely N-dealkylation sites (tertiary alicyclic amines) is 1. The molecule has 1 aromatic carbocycles. The standard InChI is InChI=1S/C16H22ClNO2/c1-2-14-6-4-3-5-9-18(14)11-13-8-7-12(16(19)20)10-15(13)17/h7-8,10,14H,2-6,9,11H2,1H3,(H,19,20). The first kappa shape index (κ1) is 15.3. The van der Waals surface area contributed by atoms with Crippen LogP contribution in [-0.4, -0.2) is 28.6 Å². The fourth-order valence-electron chi connectivity index (χ4n) is 2.93. The summed E-state index contributed by atoms with van der Waals surface area (Å²) >= 11 is 6.23. The zero-order valence-corrected chi connectivity index (χ0v) is 12.7. The second kappa shape index (κ2) is 7.09.